The number of nitrogens with zero attached hydrogens (tertiary/aromatic N) is 1. The predicted molar refractivity (Wildman–Crippen MR) is 84.7 cm³/mol. The summed E-state index contributed by atoms with van der Waals surface area (Å²) in [5, 5.41) is 3.13. The van der Waals surface area contributed by atoms with Crippen molar-refractivity contribution in [2.24, 2.45) is 0 Å². The van der Waals surface area contributed by atoms with E-state index in [-0.39, 0.29) is 11.6 Å². The molecule has 20 heavy (non-hydrogen) atoms. The van der Waals surface area contributed by atoms with Gasteiger partial charge in [0.05, 0.1) is 16.8 Å². The van der Waals surface area contributed by atoms with Crippen LogP contribution in [0.5, 0.6) is 0 Å². The molecule has 0 atom stereocenters. The Morgan fingerprint density at radius 2 is 1.75 bits per heavy atom. The standard InChI is InChI=1S/C14H19IN2O3/c1-9-10(2)14(19)12(11(15)13(9)18)16-3-4-17-5-7-20-8-6-17/h16H,3-8H2,1-2H3. The van der Waals surface area contributed by atoms with Crippen LogP contribution in [0.1, 0.15) is 13.8 Å². The van der Waals surface area contributed by atoms with Gasteiger partial charge in [0.1, 0.15) is 5.70 Å². The van der Waals surface area contributed by atoms with E-state index in [4.69, 9.17) is 4.74 Å². The highest BCUT2D eigenvalue weighted by Crippen LogP contribution is 2.26. The van der Waals surface area contributed by atoms with Crippen LogP contribution in [0, 0.1) is 0 Å². The second-order valence-electron chi connectivity index (χ2n) is 4.98. The molecule has 1 saturated heterocycles. The number of hydrogen-bond acceptors (Lipinski definition) is 5. The average Bonchev–Trinajstić information content (AvgIpc) is 2.48. The van der Waals surface area contributed by atoms with Crippen molar-refractivity contribution in [3.05, 3.63) is 20.4 Å². The van der Waals surface area contributed by atoms with Crippen molar-refractivity contribution in [3.63, 3.8) is 0 Å². The lowest BCUT2D eigenvalue weighted by molar-refractivity contribution is -0.116. The van der Waals surface area contributed by atoms with Crippen molar-refractivity contribution in [1.82, 2.24) is 10.2 Å². The third kappa shape index (κ3) is 3.29. The van der Waals surface area contributed by atoms with E-state index in [0.29, 0.717) is 27.0 Å². The zero-order valence-electron chi connectivity index (χ0n) is 11.8. The lowest BCUT2D eigenvalue weighted by atomic mass is 9.95. The highest BCUT2D eigenvalue weighted by Gasteiger charge is 2.28. The molecule has 1 aliphatic heterocycles. The minimum Gasteiger partial charge on any atom is -0.380 e. The van der Waals surface area contributed by atoms with Gasteiger partial charge in [-0.25, -0.2) is 0 Å². The summed E-state index contributed by atoms with van der Waals surface area (Å²) < 4.78 is 5.79. The average molecular weight is 390 g/mol. The molecule has 0 aromatic carbocycles. The molecule has 0 bridgehead atoms. The van der Waals surface area contributed by atoms with Gasteiger partial charge in [-0.3, -0.25) is 14.5 Å². The van der Waals surface area contributed by atoms with E-state index < -0.39 is 0 Å². The smallest absolute Gasteiger partial charge is 0.206 e. The van der Waals surface area contributed by atoms with Crippen molar-refractivity contribution in [3.8, 4) is 0 Å². The predicted octanol–water partition coefficient (Wildman–Crippen LogP) is 1.04. The number of nitrogens with one attached hydrogen (secondary N) is 1. The molecular formula is C14H19IN2O3. The monoisotopic (exact) mass is 390 g/mol. The Balaban J connectivity index is 1.94. The van der Waals surface area contributed by atoms with Crippen LogP contribution in [-0.4, -0.2) is 55.9 Å². The number of rotatable bonds is 4. The summed E-state index contributed by atoms with van der Waals surface area (Å²) in [6.45, 7) is 8.29. The number of carbonyl (C=O) groups excluding carboxylic acids is 2. The molecular weight excluding hydrogens is 371 g/mol. The van der Waals surface area contributed by atoms with Crippen LogP contribution in [0.4, 0.5) is 0 Å². The lowest BCUT2D eigenvalue weighted by Crippen LogP contribution is -2.41. The molecule has 1 aliphatic carbocycles. The van der Waals surface area contributed by atoms with Gasteiger partial charge in [-0.2, -0.15) is 0 Å². The fraction of sp³-hybridized carbons (Fsp3) is 0.571. The molecule has 1 heterocycles. The van der Waals surface area contributed by atoms with Crippen LogP contribution in [0.2, 0.25) is 0 Å². The Labute approximate surface area is 132 Å². The van der Waals surface area contributed by atoms with Gasteiger partial charge in [-0.15, -0.1) is 0 Å². The number of Topliss-reactive ketones (excluding diaryl/α,β-unsaturated/α-hetero) is 2. The second kappa shape index (κ2) is 6.82. The van der Waals surface area contributed by atoms with Gasteiger partial charge in [0.15, 0.2) is 5.78 Å². The fourth-order valence-electron chi connectivity index (χ4n) is 2.23. The summed E-state index contributed by atoms with van der Waals surface area (Å²) in [6, 6.07) is 0. The molecule has 2 aliphatic rings. The Hall–Kier alpha value is -0.730. The molecule has 1 fully saturated rings. The highest BCUT2D eigenvalue weighted by molar-refractivity contribution is 14.1. The van der Waals surface area contributed by atoms with Crippen LogP contribution in [-0.2, 0) is 14.3 Å². The Morgan fingerprint density at radius 3 is 2.40 bits per heavy atom. The summed E-state index contributed by atoms with van der Waals surface area (Å²) in [5.41, 5.74) is 1.55. The molecule has 0 radical (unpaired) electrons. The summed E-state index contributed by atoms with van der Waals surface area (Å²) in [5.74, 6) is -0.106. The van der Waals surface area contributed by atoms with Gasteiger partial charge >= 0.3 is 0 Å². The summed E-state index contributed by atoms with van der Waals surface area (Å²) in [4.78, 5) is 26.5. The summed E-state index contributed by atoms with van der Waals surface area (Å²) >= 11 is 1.96. The first-order valence-corrected chi connectivity index (χ1v) is 7.81. The minimum absolute atomic E-state index is 0.0448. The van der Waals surface area contributed by atoms with Crippen molar-refractivity contribution >= 4 is 34.2 Å². The van der Waals surface area contributed by atoms with Gasteiger partial charge < -0.3 is 10.1 Å². The van der Waals surface area contributed by atoms with E-state index >= 15 is 0 Å². The van der Waals surface area contributed by atoms with Crippen molar-refractivity contribution in [2.75, 3.05) is 39.4 Å². The molecule has 1 N–H and O–H groups in total. The molecule has 0 amide bonds. The van der Waals surface area contributed by atoms with Crippen LogP contribution in [0.25, 0.3) is 0 Å². The molecule has 0 aromatic rings. The first-order valence-electron chi connectivity index (χ1n) is 6.73. The highest BCUT2D eigenvalue weighted by atomic mass is 127. The summed E-state index contributed by atoms with van der Waals surface area (Å²) in [6.07, 6.45) is 0. The van der Waals surface area contributed by atoms with Gasteiger partial charge in [-0.1, -0.05) is 0 Å². The SMILES string of the molecule is CC1=C(C)C(=O)C(NCCN2CCOCC2)=C(I)C1=O. The fourth-order valence-corrected chi connectivity index (χ4v) is 3.07. The molecule has 0 spiro atoms. The number of allylic oxidation sites excluding steroid dienone is 3. The first-order chi connectivity index (χ1) is 9.52. The Morgan fingerprint density at radius 1 is 1.15 bits per heavy atom. The van der Waals surface area contributed by atoms with Gasteiger partial charge in [0.25, 0.3) is 0 Å². The van der Waals surface area contributed by atoms with Crippen molar-refractivity contribution < 1.29 is 14.3 Å². The molecule has 0 aromatic heterocycles. The van der Waals surface area contributed by atoms with Gasteiger partial charge in [0, 0.05) is 37.3 Å². The van der Waals surface area contributed by atoms with Crippen LogP contribution in [0.3, 0.4) is 0 Å². The minimum atomic E-state index is -0.0616. The van der Waals surface area contributed by atoms with Crippen LogP contribution >= 0.6 is 22.6 Å². The van der Waals surface area contributed by atoms with Crippen molar-refractivity contribution in [2.45, 2.75) is 13.8 Å². The van der Waals surface area contributed by atoms with Crippen molar-refractivity contribution in [1.29, 1.82) is 0 Å². The molecule has 5 nitrogen and oxygen atoms in total. The topological polar surface area (TPSA) is 58.6 Å². The van der Waals surface area contributed by atoms with Gasteiger partial charge in [-0.05, 0) is 36.4 Å². The molecule has 0 unspecified atom stereocenters. The molecule has 6 heteroatoms. The normalized spacial score (nSPS) is 21.8. The second-order valence-corrected chi connectivity index (χ2v) is 6.06. The van der Waals surface area contributed by atoms with E-state index in [9.17, 15) is 9.59 Å². The number of morpholine rings is 1. The summed E-state index contributed by atoms with van der Waals surface area (Å²) in [7, 11) is 0. The third-order valence-electron chi connectivity index (χ3n) is 3.72. The van der Waals surface area contributed by atoms with E-state index in [0.717, 1.165) is 32.8 Å². The molecule has 2 rings (SSSR count). The van der Waals surface area contributed by atoms with E-state index in [1.165, 1.54) is 0 Å². The number of ether oxygens (including phenoxy) is 1. The molecule has 0 saturated carbocycles. The maximum absolute atomic E-state index is 12.2. The quantitative estimate of drug-likeness (QED) is 0.575. The van der Waals surface area contributed by atoms with Crippen LogP contribution < -0.4 is 5.32 Å². The number of carbonyl (C=O) groups is 2. The maximum Gasteiger partial charge on any atom is 0.206 e. The van der Waals surface area contributed by atoms with E-state index in [1.54, 1.807) is 13.8 Å². The van der Waals surface area contributed by atoms with E-state index in [2.05, 4.69) is 10.2 Å². The maximum atomic E-state index is 12.2. The third-order valence-corrected chi connectivity index (χ3v) is 4.75. The molecule has 110 valence electrons. The Bertz CT molecular complexity index is 491. The van der Waals surface area contributed by atoms with Crippen LogP contribution in [0.15, 0.2) is 20.4 Å². The zero-order valence-corrected chi connectivity index (χ0v) is 14.0. The zero-order chi connectivity index (χ0) is 14.7. The largest absolute Gasteiger partial charge is 0.380 e. The number of halogens is 1. The first kappa shape index (κ1) is 15.7. The van der Waals surface area contributed by atoms with Gasteiger partial charge in [0.2, 0.25) is 5.78 Å². The van der Waals surface area contributed by atoms with E-state index in [1.807, 2.05) is 22.6 Å². The Kier molecular flexibility index (Phi) is 5.34. The lowest BCUT2D eigenvalue weighted by Gasteiger charge is -2.27. The number of hydrogen-bond donors (Lipinski definition) is 1. The number of ketones is 2.